The smallest absolute Gasteiger partial charge is 0.325 e. The average molecular weight is 407 g/mol. The van der Waals surface area contributed by atoms with Gasteiger partial charge in [-0.25, -0.2) is 4.79 Å². The van der Waals surface area contributed by atoms with E-state index in [0.29, 0.717) is 32.5 Å². The molecule has 1 aliphatic carbocycles. The number of hydrogen-bond donors (Lipinski definition) is 2. The molecule has 0 aromatic carbocycles. The van der Waals surface area contributed by atoms with E-state index in [4.69, 9.17) is 0 Å². The maximum Gasteiger partial charge on any atom is 0.325 e. The number of nitrogens with zero attached hydrogens (tertiary/aromatic N) is 2. The lowest BCUT2D eigenvalue weighted by Crippen LogP contribution is -2.48. The number of amides is 5. The fourth-order valence-electron chi connectivity index (χ4n) is 4.69. The van der Waals surface area contributed by atoms with Crippen LogP contribution in [0.15, 0.2) is 0 Å². The Morgan fingerprint density at radius 2 is 1.93 bits per heavy atom. The lowest BCUT2D eigenvalue weighted by Gasteiger charge is -2.32. The Kier molecular flexibility index (Phi) is 7.14. The van der Waals surface area contributed by atoms with Gasteiger partial charge in [-0.3, -0.25) is 19.3 Å². The Labute approximate surface area is 172 Å². The van der Waals surface area contributed by atoms with Gasteiger partial charge in [0.25, 0.3) is 5.91 Å². The van der Waals surface area contributed by atoms with Crippen LogP contribution in [0.2, 0.25) is 0 Å². The molecule has 0 radical (unpaired) electrons. The molecule has 8 nitrogen and oxygen atoms in total. The highest BCUT2D eigenvalue weighted by molar-refractivity contribution is 6.07. The van der Waals surface area contributed by atoms with Gasteiger partial charge in [-0.1, -0.05) is 32.6 Å². The van der Waals surface area contributed by atoms with Crippen molar-refractivity contribution < 1.29 is 19.2 Å². The molecule has 3 rings (SSSR count). The predicted octanol–water partition coefficient (Wildman–Crippen LogP) is 1.79. The van der Waals surface area contributed by atoms with Crippen LogP contribution in [0.4, 0.5) is 4.79 Å². The Morgan fingerprint density at radius 3 is 2.66 bits per heavy atom. The predicted molar refractivity (Wildman–Crippen MR) is 108 cm³/mol. The first-order valence-electron chi connectivity index (χ1n) is 11.2. The van der Waals surface area contributed by atoms with Gasteiger partial charge in [-0.2, -0.15) is 0 Å². The number of imide groups is 1. The van der Waals surface area contributed by atoms with Gasteiger partial charge >= 0.3 is 6.03 Å². The summed E-state index contributed by atoms with van der Waals surface area (Å²) in [6, 6.07) is -0.378. The van der Waals surface area contributed by atoms with Crippen molar-refractivity contribution in [2.45, 2.75) is 76.7 Å². The van der Waals surface area contributed by atoms with Gasteiger partial charge in [0, 0.05) is 32.6 Å². The van der Waals surface area contributed by atoms with E-state index in [1.807, 2.05) is 0 Å². The molecule has 0 bridgehead atoms. The molecule has 5 amide bonds. The molecular formula is C21H34N4O4. The minimum absolute atomic E-state index is 0.0179. The van der Waals surface area contributed by atoms with Crippen molar-refractivity contribution in [2.75, 3.05) is 26.2 Å². The van der Waals surface area contributed by atoms with Crippen LogP contribution < -0.4 is 10.6 Å². The zero-order chi connectivity index (χ0) is 20.9. The largest absolute Gasteiger partial charge is 0.356 e. The Hall–Kier alpha value is -2.12. The summed E-state index contributed by atoms with van der Waals surface area (Å²) in [5.74, 6) is -0.431. The van der Waals surface area contributed by atoms with Crippen LogP contribution >= 0.6 is 0 Å². The van der Waals surface area contributed by atoms with E-state index in [1.165, 1.54) is 4.90 Å². The van der Waals surface area contributed by atoms with Crippen LogP contribution in [0.1, 0.15) is 71.1 Å². The highest BCUT2D eigenvalue weighted by atomic mass is 16.2. The van der Waals surface area contributed by atoms with Crippen LogP contribution in [-0.2, 0) is 14.4 Å². The molecule has 8 heteroatoms. The first-order valence-corrected chi connectivity index (χ1v) is 11.2. The Balaban J connectivity index is 1.49. The highest BCUT2D eigenvalue weighted by Gasteiger charge is 2.51. The van der Waals surface area contributed by atoms with Gasteiger partial charge in [0.05, 0.1) is 5.92 Å². The topological polar surface area (TPSA) is 98.8 Å². The van der Waals surface area contributed by atoms with E-state index in [0.717, 1.165) is 44.9 Å². The fourth-order valence-corrected chi connectivity index (χ4v) is 4.69. The summed E-state index contributed by atoms with van der Waals surface area (Å²) in [6.07, 6.45) is 8.01. The number of hydrogen-bond acceptors (Lipinski definition) is 4. The van der Waals surface area contributed by atoms with Gasteiger partial charge in [-0.15, -0.1) is 0 Å². The molecule has 1 unspecified atom stereocenters. The van der Waals surface area contributed by atoms with Crippen LogP contribution in [0.5, 0.6) is 0 Å². The molecule has 0 aromatic rings. The number of nitrogens with one attached hydrogen (secondary N) is 2. The number of carbonyl (C=O) groups excluding carboxylic acids is 4. The van der Waals surface area contributed by atoms with Gasteiger partial charge in [0.15, 0.2) is 0 Å². The third-order valence-corrected chi connectivity index (χ3v) is 6.48. The zero-order valence-corrected chi connectivity index (χ0v) is 17.5. The summed E-state index contributed by atoms with van der Waals surface area (Å²) >= 11 is 0. The van der Waals surface area contributed by atoms with Crippen LogP contribution in [0, 0.1) is 5.92 Å². The molecule has 162 valence electrons. The first kappa shape index (κ1) is 21.6. The van der Waals surface area contributed by atoms with E-state index >= 15 is 0 Å². The van der Waals surface area contributed by atoms with Crippen molar-refractivity contribution in [3.8, 4) is 0 Å². The molecule has 2 saturated heterocycles. The van der Waals surface area contributed by atoms with Crippen molar-refractivity contribution in [1.82, 2.24) is 20.4 Å². The minimum Gasteiger partial charge on any atom is -0.356 e. The van der Waals surface area contributed by atoms with Gasteiger partial charge < -0.3 is 15.5 Å². The molecule has 1 saturated carbocycles. The van der Waals surface area contributed by atoms with Crippen LogP contribution in [-0.4, -0.2) is 65.3 Å². The monoisotopic (exact) mass is 406 g/mol. The van der Waals surface area contributed by atoms with Crippen molar-refractivity contribution >= 4 is 23.8 Å². The number of rotatable bonds is 7. The molecule has 3 fully saturated rings. The van der Waals surface area contributed by atoms with Crippen molar-refractivity contribution in [2.24, 2.45) is 5.92 Å². The number of urea groups is 1. The van der Waals surface area contributed by atoms with Crippen molar-refractivity contribution in [3.05, 3.63) is 0 Å². The molecule has 1 atom stereocenters. The van der Waals surface area contributed by atoms with E-state index in [1.54, 1.807) is 4.90 Å². The zero-order valence-electron chi connectivity index (χ0n) is 17.5. The normalized spacial score (nSPS) is 24.0. The van der Waals surface area contributed by atoms with Gasteiger partial charge in [-0.05, 0) is 32.1 Å². The van der Waals surface area contributed by atoms with E-state index < -0.39 is 5.54 Å². The SMILES string of the molecule is CCCCNC(=O)C1CCCN(C(=O)CCN2C(=O)NC3(CCCCC3)C2=O)C1. The number of likely N-dealkylation sites (tertiary alicyclic amines) is 1. The molecule has 29 heavy (non-hydrogen) atoms. The third kappa shape index (κ3) is 4.90. The summed E-state index contributed by atoms with van der Waals surface area (Å²) in [7, 11) is 0. The van der Waals surface area contributed by atoms with Crippen molar-refractivity contribution in [1.29, 1.82) is 0 Å². The lowest BCUT2D eigenvalue weighted by atomic mass is 9.82. The molecule has 1 spiro atoms. The van der Waals surface area contributed by atoms with E-state index in [2.05, 4.69) is 17.6 Å². The summed E-state index contributed by atoms with van der Waals surface area (Å²) in [5.41, 5.74) is -0.745. The Morgan fingerprint density at radius 1 is 1.17 bits per heavy atom. The average Bonchev–Trinajstić information content (AvgIpc) is 2.96. The molecular weight excluding hydrogens is 372 g/mol. The molecule has 0 aromatic heterocycles. The summed E-state index contributed by atoms with van der Waals surface area (Å²) < 4.78 is 0. The van der Waals surface area contributed by atoms with Crippen LogP contribution in [0.3, 0.4) is 0 Å². The molecule has 2 N–H and O–H groups in total. The highest BCUT2D eigenvalue weighted by Crippen LogP contribution is 2.33. The summed E-state index contributed by atoms with van der Waals surface area (Å²) in [4.78, 5) is 53.1. The van der Waals surface area contributed by atoms with Gasteiger partial charge in [0.1, 0.15) is 5.54 Å². The van der Waals surface area contributed by atoms with E-state index in [-0.39, 0.29) is 42.6 Å². The van der Waals surface area contributed by atoms with E-state index in [9.17, 15) is 19.2 Å². The van der Waals surface area contributed by atoms with Crippen molar-refractivity contribution in [3.63, 3.8) is 0 Å². The number of unbranched alkanes of at least 4 members (excludes halogenated alkanes) is 1. The second-order valence-electron chi connectivity index (χ2n) is 8.60. The second-order valence-corrected chi connectivity index (χ2v) is 8.60. The molecule has 2 heterocycles. The standard InChI is InChI=1S/C21H34N4O4/c1-2-3-12-22-18(27)16-8-7-13-24(15-16)17(26)9-14-25-19(28)21(23-20(25)29)10-5-4-6-11-21/h16H,2-15H2,1H3,(H,22,27)(H,23,29). The summed E-state index contributed by atoms with van der Waals surface area (Å²) in [5, 5.41) is 5.83. The third-order valence-electron chi connectivity index (χ3n) is 6.48. The molecule has 2 aliphatic heterocycles. The number of carbonyl (C=O) groups is 4. The summed E-state index contributed by atoms with van der Waals surface area (Å²) in [6.45, 7) is 3.90. The lowest BCUT2D eigenvalue weighted by molar-refractivity contribution is -0.136. The first-order chi connectivity index (χ1) is 14.0. The quantitative estimate of drug-likeness (QED) is 0.497. The maximum absolute atomic E-state index is 12.8. The molecule has 3 aliphatic rings. The number of piperidine rings is 1. The van der Waals surface area contributed by atoms with Gasteiger partial charge in [0.2, 0.25) is 11.8 Å². The fraction of sp³-hybridized carbons (Fsp3) is 0.810. The van der Waals surface area contributed by atoms with Crippen LogP contribution in [0.25, 0.3) is 0 Å². The maximum atomic E-state index is 12.8. The second kappa shape index (κ2) is 9.59. The minimum atomic E-state index is -0.745. The Bertz CT molecular complexity index is 645.